The van der Waals surface area contributed by atoms with Gasteiger partial charge in [0, 0.05) is 42.2 Å². The first-order valence-corrected chi connectivity index (χ1v) is 15.0. The van der Waals surface area contributed by atoms with Crippen LogP contribution in [-0.4, -0.2) is 62.0 Å². The fourth-order valence-electron chi connectivity index (χ4n) is 5.60. The molecule has 3 aromatic carbocycles. The molecule has 45 heavy (non-hydrogen) atoms. The number of methoxy groups -OCH3 is 1. The Morgan fingerprint density at radius 3 is 2.67 bits per heavy atom. The monoisotopic (exact) mass is 594 g/mol. The Morgan fingerprint density at radius 1 is 0.889 bits per heavy atom. The van der Waals surface area contributed by atoms with E-state index in [2.05, 4.69) is 75.1 Å². The second-order valence-corrected chi connectivity index (χ2v) is 11.3. The first kappa shape index (κ1) is 28.2. The molecule has 0 saturated carbocycles. The van der Waals surface area contributed by atoms with Gasteiger partial charge in [-0.15, -0.1) is 0 Å². The summed E-state index contributed by atoms with van der Waals surface area (Å²) < 4.78 is 7.63. The van der Waals surface area contributed by atoms with Gasteiger partial charge in [-0.3, -0.25) is 4.40 Å². The van der Waals surface area contributed by atoms with Crippen LogP contribution in [-0.2, 0) is 12.8 Å². The van der Waals surface area contributed by atoms with Crippen LogP contribution < -0.4 is 10.1 Å². The summed E-state index contributed by atoms with van der Waals surface area (Å²) in [5, 5.41) is 3.41. The molecule has 0 radical (unpaired) electrons. The summed E-state index contributed by atoms with van der Waals surface area (Å²) in [5.41, 5.74) is 9.44. The number of aromatic nitrogens is 6. The van der Waals surface area contributed by atoms with Crippen molar-refractivity contribution in [3.05, 3.63) is 120 Å². The number of H-pyrrole nitrogens is 1. The van der Waals surface area contributed by atoms with E-state index in [1.165, 1.54) is 5.56 Å². The maximum Gasteiger partial charge on any atom is 0.227 e. The molecule has 4 heterocycles. The van der Waals surface area contributed by atoms with Gasteiger partial charge in [0.15, 0.2) is 0 Å². The predicted molar refractivity (Wildman–Crippen MR) is 179 cm³/mol. The number of aromatic amines is 1. The molecule has 9 nitrogen and oxygen atoms in total. The van der Waals surface area contributed by atoms with Gasteiger partial charge in [-0.25, -0.2) is 19.9 Å². The Bertz CT molecular complexity index is 2110. The van der Waals surface area contributed by atoms with Crippen molar-refractivity contribution in [3.63, 3.8) is 0 Å². The summed E-state index contributed by atoms with van der Waals surface area (Å²) >= 11 is 0. The molecule has 2 N–H and O–H groups in total. The van der Waals surface area contributed by atoms with E-state index in [1.807, 2.05) is 60.8 Å². The van der Waals surface area contributed by atoms with E-state index in [1.54, 1.807) is 13.3 Å². The van der Waals surface area contributed by atoms with Crippen molar-refractivity contribution in [1.29, 1.82) is 0 Å². The zero-order valence-corrected chi connectivity index (χ0v) is 25.5. The number of para-hydroxylation sites is 1. The smallest absolute Gasteiger partial charge is 0.227 e. The fourth-order valence-corrected chi connectivity index (χ4v) is 5.60. The lowest BCUT2D eigenvalue weighted by atomic mass is 10.1. The third-order valence-corrected chi connectivity index (χ3v) is 7.81. The molecule has 7 rings (SSSR count). The summed E-state index contributed by atoms with van der Waals surface area (Å²) in [6.07, 6.45) is 5.42. The van der Waals surface area contributed by atoms with Crippen molar-refractivity contribution >= 4 is 28.3 Å². The van der Waals surface area contributed by atoms with Gasteiger partial charge in [0.25, 0.3) is 0 Å². The Kier molecular flexibility index (Phi) is 7.67. The minimum atomic E-state index is 0.527. The molecule has 0 aliphatic rings. The van der Waals surface area contributed by atoms with Crippen molar-refractivity contribution in [2.45, 2.75) is 12.8 Å². The van der Waals surface area contributed by atoms with E-state index in [0.29, 0.717) is 12.4 Å². The summed E-state index contributed by atoms with van der Waals surface area (Å²) in [6, 6.07) is 30.6. The third-order valence-electron chi connectivity index (χ3n) is 7.81. The normalized spacial score (nSPS) is 11.5. The molecule has 0 spiro atoms. The molecule has 0 saturated heterocycles. The van der Waals surface area contributed by atoms with Gasteiger partial charge in [-0.1, -0.05) is 42.5 Å². The van der Waals surface area contributed by atoms with Crippen LogP contribution in [0.2, 0.25) is 0 Å². The highest BCUT2D eigenvalue weighted by molar-refractivity contribution is 5.87. The molecule has 224 valence electrons. The number of imidazole rings is 2. The Balaban J connectivity index is 1.23. The van der Waals surface area contributed by atoms with Crippen molar-refractivity contribution < 1.29 is 4.74 Å². The van der Waals surface area contributed by atoms with E-state index >= 15 is 0 Å². The van der Waals surface area contributed by atoms with Crippen LogP contribution in [0.3, 0.4) is 0 Å². The third kappa shape index (κ3) is 5.98. The predicted octanol–water partition coefficient (Wildman–Crippen LogP) is 6.78. The molecule has 0 aliphatic carbocycles. The van der Waals surface area contributed by atoms with Crippen molar-refractivity contribution in [3.8, 4) is 28.4 Å². The van der Waals surface area contributed by atoms with E-state index in [4.69, 9.17) is 19.7 Å². The molecule has 0 unspecified atom stereocenters. The van der Waals surface area contributed by atoms with E-state index < -0.39 is 0 Å². The van der Waals surface area contributed by atoms with Crippen LogP contribution >= 0.6 is 0 Å². The van der Waals surface area contributed by atoms with Crippen molar-refractivity contribution in [1.82, 2.24) is 34.2 Å². The number of nitrogens with one attached hydrogen (secondary N) is 2. The van der Waals surface area contributed by atoms with Crippen LogP contribution in [0.1, 0.15) is 17.0 Å². The lowest BCUT2D eigenvalue weighted by molar-refractivity contribution is 0.410. The molecule has 0 aliphatic heterocycles. The SMILES string of the molecule is COc1ccccc1Cc1nc2ccc(-c3nc4ccccn4c3-c3ccnc(Nc4cccc(CCN(C)C)c4)n3)cc2[nH]1. The van der Waals surface area contributed by atoms with E-state index in [-0.39, 0.29) is 0 Å². The number of fused-ring (bicyclic) bond motifs is 2. The molecule has 4 aromatic heterocycles. The number of hydrogen-bond donors (Lipinski definition) is 2. The first-order chi connectivity index (χ1) is 22.0. The zero-order valence-electron chi connectivity index (χ0n) is 25.5. The highest BCUT2D eigenvalue weighted by Gasteiger charge is 2.19. The van der Waals surface area contributed by atoms with Gasteiger partial charge in [0.1, 0.15) is 17.2 Å². The standard InChI is InChI=1S/C36H34N8O/c1-43(2)20-17-24-9-8-11-27(21-24)38-36-37-18-16-29(41-36)35-34(42-33-13-6-7-19-44(33)35)26-14-15-28-30(22-26)40-32(39-28)23-25-10-4-5-12-31(25)45-3/h4-16,18-19,21-22H,17,20,23H2,1-3H3,(H,39,40)(H,37,38,41). The minimum absolute atomic E-state index is 0.527. The number of nitrogens with zero attached hydrogens (tertiary/aromatic N) is 6. The summed E-state index contributed by atoms with van der Waals surface area (Å²) in [5.74, 6) is 2.25. The topological polar surface area (TPSA) is 96.3 Å². The van der Waals surface area contributed by atoms with E-state index in [9.17, 15) is 0 Å². The van der Waals surface area contributed by atoms with Crippen LogP contribution in [0.15, 0.2) is 103 Å². The molecule has 0 fully saturated rings. The Labute approximate surface area is 261 Å². The minimum Gasteiger partial charge on any atom is -0.496 e. The highest BCUT2D eigenvalue weighted by Crippen LogP contribution is 2.34. The first-order valence-electron chi connectivity index (χ1n) is 15.0. The Morgan fingerprint density at radius 2 is 1.78 bits per heavy atom. The quantitative estimate of drug-likeness (QED) is 0.180. The summed E-state index contributed by atoms with van der Waals surface area (Å²) in [7, 11) is 5.87. The lowest BCUT2D eigenvalue weighted by Gasteiger charge is -2.11. The van der Waals surface area contributed by atoms with Crippen molar-refractivity contribution in [2.24, 2.45) is 0 Å². The number of ether oxygens (including phenoxy) is 1. The average molecular weight is 595 g/mol. The average Bonchev–Trinajstić information content (AvgIpc) is 3.65. The maximum absolute atomic E-state index is 5.55. The second-order valence-electron chi connectivity index (χ2n) is 11.3. The van der Waals surface area contributed by atoms with E-state index in [0.717, 1.165) is 75.1 Å². The van der Waals surface area contributed by atoms with Gasteiger partial charge in [-0.05, 0) is 74.6 Å². The molecular formula is C36H34N8O. The number of hydrogen-bond acceptors (Lipinski definition) is 7. The molecular weight excluding hydrogens is 560 g/mol. The highest BCUT2D eigenvalue weighted by atomic mass is 16.5. The number of likely N-dealkylation sites (N-methyl/N-ethyl adjacent to an activating group) is 1. The zero-order chi connectivity index (χ0) is 30.8. The van der Waals surface area contributed by atoms with Gasteiger partial charge in [0.2, 0.25) is 5.95 Å². The second kappa shape index (κ2) is 12.2. The van der Waals surface area contributed by atoms with Crippen LogP contribution in [0.25, 0.3) is 39.3 Å². The van der Waals surface area contributed by atoms with Gasteiger partial charge >= 0.3 is 0 Å². The van der Waals surface area contributed by atoms with Gasteiger partial charge in [0.05, 0.1) is 35.2 Å². The molecule has 9 heteroatoms. The van der Waals surface area contributed by atoms with Crippen LogP contribution in [0.4, 0.5) is 11.6 Å². The molecule has 0 atom stereocenters. The van der Waals surface area contributed by atoms with Crippen LogP contribution in [0.5, 0.6) is 5.75 Å². The maximum atomic E-state index is 5.55. The van der Waals surface area contributed by atoms with Gasteiger partial charge < -0.3 is 19.9 Å². The number of pyridine rings is 1. The molecule has 0 amide bonds. The van der Waals surface area contributed by atoms with Crippen molar-refractivity contribution in [2.75, 3.05) is 33.1 Å². The largest absolute Gasteiger partial charge is 0.496 e. The fraction of sp³-hybridized carbons (Fsp3) is 0.167. The number of anilines is 2. The lowest BCUT2D eigenvalue weighted by Crippen LogP contribution is -2.15. The van der Waals surface area contributed by atoms with Crippen LogP contribution in [0, 0.1) is 0 Å². The number of benzene rings is 3. The molecule has 7 aromatic rings. The summed E-state index contributed by atoms with van der Waals surface area (Å²) in [6.45, 7) is 0.986. The Hall–Kier alpha value is -5.54. The molecule has 0 bridgehead atoms. The summed E-state index contributed by atoms with van der Waals surface area (Å²) in [4.78, 5) is 25.1. The number of rotatable bonds is 10. The van der Waals surface area contributed by atoms with Gasteiger partial charge in [-0.2, -0.15) is 0 Å².